The molecule has 9 amide bonds. The number of aliphatic carboxylic acids is 1. The Kier molecular flexibility index (Phi) is 60.0. The topological polar surface area (TPSA) is 527 Å². The molecule has 2 aromatic rings. The molecule has 1 saturated heterocycles. The van der Waals surface area contributed by atoms with Crippen molar-refractivity contribution in [3.63, 3.8) is 0 Å². The maximum absolute atomic E-state index is 15.0. The highest BCUT2D eigenvalue weighted by atomic mass is 16.6. The second-order valence-electron chi connectivity index (χ2n) is 33.5. The third kappa shape index (κ3) is 44.3. The number of methoxy groups -OCH3 is 3. The maximum atomic E-state index is 15.0. The number of likely N-dealkylation sites (tertiary alicyclic amines) is 1. The van der Waals surface area contributed by atoms with Gasteiger partial charge in [0.05, 0.1) is 218 Å². The second-order valence-corrected chi connectivity index (χ2v) is 33.5. The summed E-state index contributed by atoms with van der Waals surface area (Å²) in [4.78, 5) is 142. The molecule has 2 aliphatic rings. The number of amides is 9. The van der Waals surface area contributed by atoms with Crippen molar-refractivity contribution in [1.29, 1.82) is 0 Å². The lowest BCUT2D eigenvalue weighted by atomic mass is 9.80. The predicted molar refractivity (Wildman–Crippen MR) is 487 cm³/mol. The van der Waals surface area contributed by atoms with E-state index in [0.717, 1.165) is 4.90 Å². The zero-order valence-electron chi connectivity index (χ0n) is 80.4. The fourth-order valence-electron chi connectivity index (χ4n) is 15.2. The lowest BCUT2D eigenvalue weighted by Crippen LogP contribution is -2.60. The van der Waals surface area contributed by atoms with E-state index in [2.05, 4.69) is 31.9 Å². The highest BCUT2D eigenvalue weighted by Crippen LogP contribution is 2.35. The number of hydrogen-bond acceptors (Lipinski definition) is 31. The zero-order chi connectivity index (χ0) is 98.0. The minimum absolute atomic E-state index is 0.00503. The van der Waals surface area contributed by atoms with E-state index in [1.54, 1.807) is 84.9 Å². The first-order valence-electron chi connectivity index (χ1n) is 46.5. The molecular weight excluding hydrogens is 1740 g/mol. The largest absolute Gasteiger partial charge is 0.485 e. The summed E-state index contributed by atoms with van der Waals surface area (Å²) in [6.45, 7) is 23.9. The molecule has 0 bridgehead atoms. The van der Waals surface area contributed by atoms with E-state index in [0.29, 0.717) is 183 Å². The SMILES string of the molecule is CC[C@H](C)[C@@H]([C@@H](CC(=O)N1CCC[C@H]1[C@H](OC)[C@@H](C)C(=O)N[C@H](C)[C@@H](O)c1ccccc1)OC)N(C)C(=O)[C@@H](NC(=O)[C@H](C(C)C)N(C)C(=O)OCc1ccc(O[C@@H]2C[C@H](C(=O)O)[C@@H](O)[C@H](O)[C@H]2O)c(NC(=O)CCNC(=O)[C@H](CCCCNC(=O)CCOCCOCCOCCOCCOCCOCCOCCOCCOCCOCCOCCOC)NC(=O)CCN)c1)C(C)C. The van der Waals surface area contributed by atoms with Gasteiger partial charge in [-0.1, -0.05) is 91.3 Å². The molecule has 0 unspecified atom stereocenters. The minimum atomic E-state index is -1.94. The van der Waals surface area contributed by atoms with Gasteiger partial charge in [-0.3, -0.25) is 48.1 Å². The number of aliphatic hydroxyl groups is 4. The van der Waals surface area contributed by atoms with Crippen LogP contribution in [-0.4, -0.2) is 386 Å². The molecule has 41 heteroatoms. The maximum Gasteiger partial charge on any atom is 0.410 e. The number of likely N-dealkylation sites (N-methyl/N-ethyl adjacent to an activating group) is 2. The van der Waals surface area contributed by atoms with Gasteiger partial charge in [0.2, 0.25) is 47.3 Å². The third-order valence-electron chi connectivity index (χ3n) is 22.9. The Hall–Kier alpha value is -8.02. The number of unbranched alkanes of at least 4 members (excludes halogenated alkanes) is 1. The Balaban J connectivity index is 1.23. The van der Waals surface area contributed by atoms with Crippen molar-refractivity contribution in [2.24, 2.45) is 35.3 Å². The number of anilines is 1. The first-order valence-corrected chi connectivity index (χ1v) is 46.5. The fraction of sp³-hybridized carbons (Fsp3) is 0.761. The van der Waals surface area contributed by atoms with Crippen molar-refractivity contribution in [3.05, 3.63) is 59.7 Å². The number of nitrogens with one attached hydrogen (secondary N) is 6. The highest BCUT2D eigenvalue weighted by Gasteiger charge is 2.48. The van der Waals surface area contributed by atoms with E-state index >= 15 is 4.79 Å². The first kappa shape index (κ1) is 117. The number of nitrogens with zero attached hydrogens (tertiary/aromatic N) is 3. The number of rotatable bonds is 74. The van der Waals surface area contributed by atoms with Crippen LogP contribution in [0.1, 0.15) is 143 Å². The normalized spacial score (nSPS) is 18.5. The Morgan fingerprint density at radius 2 is 1.11 bits per heavy atom. The first-order chi connectivity index (χ1) is 63.9. The van der Waals surface area contributed by atoms with Gasteiger partial charge in [0.15, 0.2) is 0 Å². The number of carbonyl (C=O) groups is 10. The summed E-state index contributed by atoms with van der Waals surface area (Å²) in [5, 5.41) is 69.9. The summed E-state index contributed by atoms with van der Waals surface area (Å²) >= 11 is 0. The number of nitrogens with two attached hydrogens (primary N) is 1. The average Bonchev–Trinajstić information content (AvgIpc) is 1.65. The standard InChI is InChI=1S/C92H156N10O31/c1-14-63(6)81(73(119-12)59-78(106)102-33-20-24-71(102)86(120-13)64(7)87(111)96-65(8)82(107)67-21-16-15-17-22-67)100(9)90(114)79(61(2)3)99-89(113)80(62(4)5)101(10)92(117)132-60-66-25-26-72(133-74-58-68(91(115)116)83(108)85(110)84(74)109)70(57-66)98-77(105)28-32-95-88(112)69(97-76(104)27-30-93)23-18-19-31-94-75(103)29-34-121-37-38-123-41-42-125-45-46-127-49-50-129-53-54-131-56-55-130-52-51-128-48-47-126-44-43-124-40-39-122-36-35-118-11/h15-17,21-22,25-26,57,61-65,68-69,71,73-74,79-86,107-110H,14,18-20,23-24,27-56,58-60,93H2,1-13H3,(H,94,103)(H,95,112)(H,96,111)(H,97,104)(H,98,105)(H,99,113)(H,115,116)/t63-,64+,65+,68-,69-,71-,73+,74+,79-,80-,81-,82+,83+,84-,85-,86+/m0/s1. The molecule has 0 radical (unpaired) electrons. The fourth-order valence-corrected chi connectivity index (χ4v) is 15.2. The minimum Gasteiger partial charge on any atom is -0.485 e. The van der Waals surface area contributed by atoms with Crippen molar-refractivity contribution >= 4 is 65.0 Å². The van der Waals surface area contributed by atoms with Crippen LogP contribution >= 0.6 is 0 Å². The summed E-state index contributed by atoms with van der Waals surface area (Å²) in [6.07, 6.45) is -8.77. The molecule has 1 aliphatic heterocycles. The predicted octanol–water partition coefficient (Wildman–Crippen LogP) is 2.30. The Bertz CT molecular complexity index is 3620. The summed E-state index contributed by atoms with van der Waals surface area (Å²) < 4.78 is 89.3. The molecule has 0 aromatic heterocycles. The van der Waals surface area contributed by atoms with Crippen LogP contribution in [-0.2, 0) is 121 Å². The summed E-state index contributed by atoms with van der Waals surface area (Å²) in [7, 11) is 7.54. The smallest absolute Gasteiger partial charge is 0.410 e. The zero-order valence-corrected chi connectivity index (χ0v) is 80.4. The van der Waals surface area contributed by atoms with E-state index in [9.17, 15) is 68.7 Å². The van der Waals surface area contributed by atoms with Crippen LogP contribution in [0.2, 0.25) is 0 Å². The molecule has 1 heterocycles. The lowest BCUT2D eigenvalue weighted by molar-refractivity contribution is -0.174. The lowest BCUT2D eigenvalue weighted by Gasteiger charge is -2.41. The summed E-state index contributed by atoms with van der Waals surface area (Å²) in [5.41, 5.74) is 6.43. The molecular formula is C92H156N10O31. The number of aliphatic hydroxyl groups excluding tert-OH is 4. The van der Waals surface area contributed by atoms with Crippen LogP contribution in [0.3, 0.4) is 0 Å². The van der Waals surface area contributed by atoms with Crippen molar-refractivity contribution in [2.75, 3.05) is 219 Å². The van der Waals surface area contributed by atoms with Gasteiger partial charge in [0, 0.05) is 87.3 Å². The molecule has 4 rings (SSSR count). The van der Waals surface area contributed by atoms with Gasteiger partial charge >= 0.3 is 12.1 Å². The molecule has 16 atom stereocenters. The number of hydrogen-bond donors (Lipinski definition) is 12. The van der Waals surface area contributed by atoms with E-state index in [1.807, 2.05) is 19.9 Å². The van der Waals surface area contributed by atoms with Gasteiger partial charge < -0.3 is 149 Å². The number of carbonyl (C=O) groups excluding carboxylic acids is 9. The van der Waals surface area contributed by atoms with Crippen LogP contribution in [0, 0.1) is 29.6 Å². The van der Waals surface area contributed by atoms with Crippen LogP contribution in [0.15, 0.2) is 48.5 Å². The van der Waals surface area contributed by atoms with Gasteiger partial charge in [-0.2, -0.15) is 0 Å². The van der Waals surface area contributed by atoms with Gasteiger partial charge in [-0.15, -0.1) is 0 Å². The van der Waals surface area contributed by atoms with E-state index in [1.165, 1.54) is 44.4 Å². The number of carboxylic acids is 1. The van der Waals surface area contributed by atoms with Crippen LogP contribution < -0.4 is 42.4 Å². The Labute approximate surface area is 783 Å². The summed E-state index contributed by atoms with van der Waals surface area (Å²) in [5.74, 6) is -9.10. The van der Waals surface area contributed by atoms with Crippen molar-refractivity contribution in [2.45, 2.75) is 212 Å². The molecule has 2 fully saturated rings. The van der Waals surface area contributed by atoms with Crippen molar-refractivity contribution in [3.8, 4) is 5.75 Å². The van der Waals surface area contributed by atoms with Crippen LogP contribution in [0.4, 0.5) is 10.5 Å². The van der Waals surface area contributed by atoms with E-state index < -0.39 is 157 Å². The molecule has 13 N–H and O–H groups in total. The Morgan fingerprint density at radius 1 is 0.564 bits per heavy atom. The number of carboxylic acid groups (broad SMARTS) is 1. The average molecular weight is 1900 g/mol. The number of benzene rings is 2. The van der Waals surface area contributed by atoms with E-state index in [4.69, 9.17) is 81.5 Å². The molecule has 1 aliphatic carbocycles. The van der Waals surface area contributed by atoms with Crippen LogP contribution in [0.25, 0.3) is 0 Å². The molecule has 760 valence electrons. The Morgan fingerprint density at radius 3 is 1.60 bits per heavy atom. The highest BCUT2D eigenvalue weighted by molar-refractivity contribution is 5.94. The quantitative estimate of drug-likeness (QED) is 0.0423. The van der Waals surface area contributed by atoms with Crippen LogP contribution in [0.5, 0.6) is 5.75 Å². The van der Waals surface area contributed by atoms with Gasteiger partial charge in [-0.25, -0.2) is 4.79 Å². The summed E-state index contributed by atoms with van der Waals surface area (Å²) in [6, 6.07) is 7.87. The van der Waals surface area contributed by atoms with Crippen molar-refractivity contribution < 1.29 is 149 Å². The van der Waals surface area contributed by atoms with Gasteiger partial charge in [-0.05, 0) is 80.0 Å². The molecule has 2 aromatic carbocycles. The molecule has 133 heavy (non-hydrogen) atoms. The van der Waals surface area contributed by atoms with Gasteiger partial charge in [0.1, 0.15) is 48.8 Å². The number of ether oxygens (including phenoxy) is 16. The molecule has 41 nitrogen and oxygen atoms in total. The second kappa shape index (κ2) is 68.1. The molecule has 1 saturated carbocycles. The monoisotopic (exact) mass is 1900 g/mol. The van der Waals surface area contributed by atoms with E-state index in [-0.39, 0.29) is 106 Å². The van der Waals surface area contributed by atoms with Gasteiger partial charge in [0.25, 0.3) is 0 Å². The third-order valence-corrected chi connectivity index (χ3v) is 22.9. The molecule has 0 spiro atoms. The van der Waals surface area contributed by atoms with Crippen molar-refractivity contribution in [1.82, 2.24) is 41.3 Å².